The van der Waals surface area contributed by atoms with Gasteiger partial charge in [0.25, 0.3) is 0 Å². The third-order valence-corrected chi connectivity index (χ3v) is 4.86. The molecule has 0 aliphatic carbocycles. The van der Waals surface area contributed by atoms with E-state index in [2.05, 4.69) is 4.98 Å². The molecule has 2 aromatic heterocycles. The molecule has 0 radical (unpaired) electrons. The third kappa shape index (κ3) is 3.23. The molecule has 0 bridgehead atoms. The largest absolute Gasteiger partial charge is 0.488 e. The highest BCUT2D eigenvalue weighted by atomic mass is 35.5. The lowest BCUT2D eigenvalue weighted by molar-refractivity contribution is 0.300. The summed E-state index contributed by atoms with van der Waals surface area (Å²) < 4.78 is 34.1. The Morgan fingerprint density at radius 2 is 2.00 bits per heavy atom. The summed E-state index contributed by atoms with van der Waals surface area (Å²) in [5, 5.41) is 3.36. The van der Waals surface area contributed by atoms with E-state index in [9.17, 15) is 8.78 Å². The average molecular weight is 377 g/mol. The van der Waals surface area contributed by atoms with Crippen LogP contribution < -0.4 is 4.74 Å². The number of ether oxygens (including phenoxy) is 1. The third-order valence-electron chi connectivity index (χ3n) is 3.72. The molecule has 0 unspecified atom stereocenters. The molecule has 2 aromatic carbocycles. The number of nitrogens with zero attached hydrogens (tertiary/aromatic N) is 2. The molecule has 4 aromatic rings. The minimum atomic E-state index is -0.620. The fourth-order valence-electron chi connectivity index (χ4n) is 2.47. The first-order valence-corrected chi connectivity index (χ1v) is 8.64. The zero-order chi connectivity index (χ0) is 17.4. The Morgan fingerprint density at radius 1 is 1.12 bits per heavy atom. The second-order valence-electron chi connectivity index (χ2n) is 5.39. The second kappa shape index (κ2) is 6.46. The molecule has 4 rings (SSSR count). The number of fused-ring (bicyclic) bond motifs is 1. The zero-order valence-electron chi connectivity index (χ0n) is 12.7. The SMILES string of the molecule is Fc1ccc(COc2csc(-n3cnc4ccc(Cl)cc43)c2)c(F)c1. The van der Waals surface area contributed by atoms with Gasteiger partial charge in [-0.1, -0.05) is 11.6 Å². The van der Waals surface area contributed by atoms with Crippen LogP contribution in [0.25, 0.3) is 16.0 Å². The van der Waals surface area contributed by atoms with E-state index >= 15 is 0 Å². The van der Waals surface area contributed by atoms with Crippen molar-refractivity contribution < 1.29 is 13.5 Å². The Labute approximate surface area is 151 Å². The van der Waals surface area contributed by atoms with E-state index in [1.54, 1.807) is 12.4 Å². The van der Waals surface area contributed by atoms with Gasteiger partial charge in [0.1, 0.15) is 35.3 Å². The number of imidazole rings is 1. The van der Waals surface area contributed by atoms with Gasteiger partial charge >= 0.3 is 0 Å². The van der Waals surface area contributed by atoms with Gasteiger partial charge < -0.3 is 4.74 Å². The molecule has 0 amide bonds. The predicted octanol–water partition coefficient (Wildman–Crippen LogP) is 5.60. The smallest absolute Gasteiger partial charge is 0.132 e. The number of aromatic nitrogens is 2. The Kier molecular flexibility index (Phi) is 4.15. The Balaban J connectivity index is 1.56. The second-order valence-corrected chi connectivity index (χ2v) is 6.72. The fourth-order valence-corrected chi connectivity index (χ4v) is 3.45. The number of halogens is 3. The van der Waals surface area contributed by atoms with Crippen LogP contribution in [0.3, 0.4) is 0 Å². The van der Waals surface area contributed by atoms with Gasteiger partial charge in [-0.3, -0.25) is 4.57 Å². The Bertz CT molecular complexity index is 1060. The van der Waals surface area contributed by atoms with E-state index in [-0.39, 0.29) is 6.61 Å². The first-order valence-electron chi connectivity index (χ1n) is 7.38. The summed E-state index contributed by atoms with van der Waals surface area (Å²) >= 11 is 7.53. The quantitative estimate of drug-likeness (QED) is 0.463. The van der Waals surface area contributed by atoms with Crippen molar-refractivity contribution in [2.24, 2.45) is 0 Å². The summed E-state index contributed by atoms with van der Waals surface area (Å²) in [7, 11) is 0. The van der Waals surface area contributed by atoms with Gasteiger partial charge in [-0.15, -0.1) is 11.3 Å². The standard InChI is InChI=1S/C18H11ClF2N2OS/c19-12-2-4-16-17(5-12)23(10-22-16)18-7-14(9-25-18)24-8-11-1-3-13(20)6-15(11)21/h1-7,9-10H,8H2. The molecule has 0 N–H and O–H groups in total. The highest BCUT2D eigenvalue weighted by Crippen LogP contribution is 2.29. The molecule has 0 aliphatic rings. The van der Waals surface area contributed by atoms with Crippen molar-refractivity contribution in [1.82, 2.24) is 9.55 Å². The van der Waals surface area contributed by atoms with Crippen molar-refractivity contribution in [2.45, 2.75) is 6.61 Å². The monoisotopic (exact) mass is 376 g/mol. The highest BCUT2D eigenvalue weighted by Gasteiger charge is 2.10. The lowest BCUT2D eigenvalue weighted by Crippen LogP contribution is -1.98. The van der Waals surface area contributed by atoms with E-state index in [0.29, 0.717) is 16.3 Å². The van der Waals surface area contributed by atoms with E-state index in [0.717, 1.165) is 22.1 Å². The highest BCUT2D eigenvalue weighted by molar-refractivity contribution is 7.12. The van der Waals surface area contributed by atoms with Crippen molar-refractivity contribution in [1.29, 1.82) is 0 Å². The molecule has 25 heavy (non-hydrogen) atoms. The maximum absolute atomic E-state index is 13.7. The van der Waals surface area contributed by atoms with Gasteiger partial charge in [0.15, 0.2) is 0 Å². The number of rotatable bonds is 4. The van der Waals surface area contributed by atoms with E-state index in [4.69, 9.17) is 16.3 Å². The molecule has 126 valence electrons. The molecule has 0 aliphatic heterocycles. The summed E-state index contributed by atoms with van der Waals surface area (Å²) in [6, 6.07) is 10.8. The average Bonchev–Trinajstić information content (AvgIpc) is 3.20. The van der Waals surface area contributed by atoms with Crippen LogP contribution in [0.2, 0.25) is 5.02 Å². The van der Waals surface area contributed by atoms with Gasteiger partial charge in [-0.2, -0.15) is 0 Å². The van der Waals surface area contributed by atoms with Crippen molar-refractivity contribution in [2.75, 3.05) is 0 Å². The van der Waals surface area contributed by atoms with Crippen LogP contribution in [0.5, 0.6) is 5.75 Å². The van der Waals surface area contributed by atoms with Crippen LogP contribution in [0.4, 0.5) is 8.78 Å². The summed E-state index contributed by atoms with van der Waals surface area (Å²) in [6.45, 7) is 0.0266. The van der Waals surface area contributed by atoms with Gasteiger partial charge in [0.05, 0.1) is 11.0 Å². The number of benzene rings is 2. The van der Waals surface area contributed by atoms with Gasteiger partial charge in [-0.05, 0) is 30.3 Å². The maximum atomic E-state index is 13.7. The van der Waals surface area contributed by atoms with Crippen LogP contribution in [-0.2, 0) is 6.61 Å². The summed E-state index contributed by atoms with van der Waals surface area (Å²) in [5.74, 6) is -0.622. The maximum Gasteiger partial charge on any atom is 0.132 e. The molecule has 3 nitrogen and oxygen atoms in total. The number of hydrogen-bond donors (Lipinski definition) is 0. The van der Waals surface area contributed by atoms with Crippen LogP contribution >= 0.6 is 22.9 Å². The van der Waals surface area contributed by atoms with Crippen molar-refractivity contribution >= 4 is 34.0 Å². The fraction of sp³-hybridized carbons (Fsp3) is 0.0556. The number of hydrogen-bond acceptors (Lipinski definition) is 3. The van der Waals surface area contributed by atoms with Gasteiger partial charge in [-0.25, -0.2) is 13.8 Å². The molecular weight excluding hydrogens is 366 g/mol. The lowest BCUT2D eigenvalue weighted by atomic mass is 10.2. The van der Waals surface area contributed by atoms with Crippen molar-refractivity contribution in [3.05, 3.63) is 76.4 Å². The summed E-state index contributed by atoms with van der Waals surface area (Å²) in [6.07, 6.45) is 1.72. The van der Waals surface area contributed by atoms with Crippen LogP contribution in [0.1, 0.15) is 5.56 Å². The van der Waals surface area contributed by atoms with Crippen LogP contribution in [-0.4, -0.2) is 9.55 Å². The molecular formula is C18H11ClF2N2OS. The van der Waals surface area contributed by atoms with Gasteiger partial charge in [0, 0.05) is 28.1 Å². The summed E-state index contributed by atoms with van der Waals surface area (Å²) in [5.41, 5.74) is 2.04. The lowest BCUT2D eigenvalue weighted by Gasteiger charge is -2.05. The Morgan fingerprint density at radius 3 is 2.84 bits per heavy atom. The molecule has 0 saturated carbocycles. The minimum Gasteiger partial charge on any atom is -0.488 e. The molecule has 2 heterocycles. The first kappa shape index (κ1) is 16.1. The van der Waals surface area contributed by atoms with Gasteiger partial charge in [0.2, 0.25) is 0 Å². The van der Waals surface area contributed by atoms with Crippen molar-refractivity contribution in [3.8, 4) is 10.8 Å². The number of thiophene rings is 1. The molecule has 0 atom stereocenters. The summed E-state index contributed by atoms with van der Waals surface area (Å²) in [4.78, 5) is 4.34. The van der Waals surface area contributed by atoms with Crippen LogP contribution in [0.15, 0.2) is 54.2 Å². The Hall–Kier alpha value is -2.44. The van der Waals surface area contributed by atoms with E-state index in [1.165, 1.54) is 23.5 Å². The van der Waals surface area contributed by atoms with E-state index < -0.39 is 11.6 Å². The predicted molar refractivity (Wildman–Crippen MR) is 94.6 cm³/mol. The normalized spacial score (nSPS) is 11.2. The van der Waals surface area contributed by atoms with Crippen LogP contribution in [0, 0.1) is 11.6 Å². The molecule has 0 spiro atoms. The molecule has 0 fully saturated rings. The molecule has 0 saturated heterocycles. The van der Waals surface area contributed by atoms with Crippen molar-refractivity contribution in [3.63, 3.8) is 0 Å². The minimum absolute atomic E-state index is 0.0266. The molecule has 7 heteroatoms. The topological polar surface area (TPSA) is 27.1 Å². The van der Waals surface area contributed by atoms with E-state index in [1.807, 2.05) is 28.1 Å². The first-order chi connectivity index (χ1) is 12.1. The zero-order valence-corrected chi connectivity index (χ0v) is 14.3.